The average molecular weight is 306 g/mol. The van der Waals surface area contributed by atoms with Crippen molar-refractivity contribution in [3.8, 4) is 0 Å². The van der Waals surface area contributed by atoms with Crippen LogP contribution < -0.4 is 4.90 Å². The molecule has 0 amide bonds. The van der Waals surface area contributed by atoms with Crippen molar-refractivity contribution in [3.05, 3.63) is 33.9 Å². The van der Waals surface area contributed by atoms with Crippen molar-refractivity contribution in [3.63, 3.8) is 0 Å². The van der Waals surface area contributed by atoms with Crippen LogP contribution in [0.5, 0.6) is 0 Å². The summed E-state index contributed by atoms with van der Waals surface area (Å²) in [5, 5.41) is 10.6. The molecular formula is C12H13F3N2O4. The summed E-state index contributed by atoms with van der Waals surface area (Å²) in [6, 6.07) is 2.47. The molecule has 1 rings (SSSR count). The van der Waals surface area contributed by atoms with Crippen molar-refractivity contribution in [1.82, 2.24) is 0 Å². The first-order valence-electron chi connectivity index (χ1n) is 5.80. The highest BCUT2D eigenvalue weighted by atomic mass is 19.4. The lowest BCUT2D eigenvalue weighted by atomic mass is 10.1. The monoisotopic (exact) mass is 306 g/mol. The quantitative estimate of drug-likeness (QED) is 0.475. The molecule has 6 nitrogen and oxygen atoms in total. The second kappa shape index (κ2) is 6.42. The number of hydrogen-bond acceptors (Lipinski definition) is 5. The molecule has 0 saturated carbocycles. The molecule has 0 radical (unpaired) electrons. The summed E-state index contributed by atoms with van der Waals surface area (Å²) in [4.78, 5) is 21.9. The van der Waals surface area contributed by atoms with E-state index in [1.54, 1.807) is 0 Å². The summed E-state index contributed by atoms with van der Waals surface area (Å²) < 4.78 is 43.3. The van der Waals surface area contributed by atoms with Gasteiger partial charge in [0.15, 0.2) is 0 Å². The Hall–Kier alpha value is -2.32. The number of anilines is 1. The van der Waals surface area contributed by atoms with Crippen LogP contribution in [0.1, 0.15) is 12.0 Å². The number of nitrogens with zero attached hydrogens (tertiary/aromatic N) is 2. The molecule has 0 unspecified atom stereocenters. The SMILES string of the molecule is COC(=O)CCN(C)c1ccc([N+](=O)[O-])cc1C(F)(F)F. The molecule has 0 N–H and O–H groups in total. The Bertz CT molecular complexity index is 546. The number of nitro groups is 1. The number of hydrogen-bond donors (Lipinski definition) is 0. The van der Waals surface area contributed by atoms with Gasteiger partial charge < -0.3 is 9.64 Å². The zero-order chi connectivity index (χ0) is 16.2. The van der Waals surface area contributed by atoms with Gasteiger partial charge in [-0.15, -0.1) is 0 Å². The van der Waals surface area contributed by atoms with Crippen LogP contribution >= 0.6 is 0 Å². The average Bonchev–Trinajstić information content (AvgIpc) is 2.42. The van der Waals surface area contributed by atoms with Crippen LogP contribution in [-0.4, -0.2) is 31.6 Å². The van der Waals surface area contributed by atoms with E-state index in [0.717, 1.165) is 12.1 Å². The lowest BCUT2D eigenvalue weighted by molar-refractivity contribution is -0.385. The minimum Gasteiger partial charge on any atom is -0.469 e. The molecule has 0 heterocycles. The Balaban J connectivity index is 3.10. The van der Waals surface area contributed by atoms with Gasteiger partial charge in [-0.1, -0.05) is 0 Å². The summed E-state index contributed by atoms with van der Waals surface area (Å²) >= 11 is 0. The number of carbonyl (C=O) groups excluding carboxylic acids is 1. The molecule has 116 valence electrons. The van der Waals surface area contributed by atoms with Gasteiger partial charge in [0.05, 0.1) is 24.0 Å². The fourth-order valence-corrected chi connectivity index (χ4v) is 1.68. The molecule has 0 atom stereocenters. The largest absolute Gasteiger partial charge is 0.469 e. The molecule has 0 aromatic heterocycles. The van der Waals surface area contributed by atoms with Crippen LogP contribution in [0, 0.1) is 10.1 Å². The number of rotatable bonds is 5. The first-order chi connectivity index (χ1) is 9.66. The Kier molecular flexibility index (Phi) is 5.12. The Morgan fingerprint density at radius 3 is 2.52 bits per heavy atom. The van der Waals surface area contributed by atoms with E-state index in [0.29, 0.717) is 6.07 Å². The first-order valence-corrected chi connectivity index (χ1v) is 5.80. The van der Waals surface area contributed by atoms with Crippen LogP contribution in [0.2, 0.25) is 0 Å². The second-order valence-electron chi connectivity index (χ2n) is 4.20. The fourth-order valence-electron chi connectivity index (χ4n) is 1.68. The molecular weight excluding hydrogens is 293 g/mol. The molecule has 1 aromatic rings. The van der Waals surface area contributed by atoms with E-state index in [1.165, 1.54) is 19.1 Å². The van der Waals surface area contributed by atoms with Crippen LogP contribution in [0.15, 0.2) is 18.2 Å². The van der Waals surface area contributed by atoms with Crippen molar-refractivity contribution in [2.45, 2.75) is 12.6 Å². The fraction of sp³-hybridized carbons (Fsp3) is 0.417. The molecule has 0 aliphatic rings. The number of halogens is 3. The number of carbonyl (C=O) groups is 1. The van der Waals surface area contributed by atoms with Crippen LogP contribution in [0.3, 0.4) is 0 Å². The van der Waals surface area contributed by atoms with E-state index in [-0.39, 0.29) is 18.7 Å². The number of benzene rings is 1. The third-order valence-electron chi connectivity index (χ3n) is 2.79. The van der Waals surface area contributed by atoms with Crippen molar-refractivity contribution >= 4 is 17.3 Å². The van der Waals surface area contributed by atoms with Crippen molar-refractivity contribution in [2.75, 3.05) is 25.6 Å². The van der Waals surface area contributed by atoms with E-state index in [9.17, 15) is 28.1 Å². The number of alkyl halides is 3. The maximum Gasteiger partial charge on any atom is 0.418 e. The number of non-ortho nitro benzene ring substituents is 1. The van der Waals surface area contributed by atoms with Gasteiger partial charge in [0.25, 0.3) is 5.69 Å². The zero-order valence-corrected chi connectivity index (χ0v) is 11.3. The van der Waals surface area contributed by atoms with E-state index in [4.69, 9.17) is 0 Å². The lowest BCUT2D eigenvalue weighted by Gasteiger charge is -2.22. The summed E-state index contributed by atoms with van der Waals surface area (Å²) in [5.41, 5.74) is -2.01. The minimum absolute atomic E-state index is 0.00638. The van der Waals surface area contributed by atoms with Gasteiger partial charge in [-0.05, 0) is 6.07 Å². The summed E-state index contributed by atoms with van der Waals surface area (Å²) in [7, 11) is 2.54. The van der Waals surface area contributed by atoms with Gasteiger partial charge in [-0.25, -0.2) is 0 Å². The third-order valence-corrected chi connectivity index (χ3v) is 2.79. The third kappa shape index (κ3) is 4.33. The molecule has 0 saturated heterocycles. The summed E-state index contributed by atoms with van der Waals surface area (Å²) in [6.45, 7) is -0.00638. The van der Waals surface area contributed by atoms with Crippen LogP contribution in [0.25, 0.3) is 0 Å². The van der Waals surface area contributed by atoms with Gasteiger partial charge in [-0.2, -0.15) is 13.2 Å². The topological polar surface area (TPSA) is 72.7 Å². The van der Waals surface area contributed by atoms with E-state index < -0.39 is 28.3 Å². The molecule has 0 aliphatic carbocycles. The van der Waals surface area contributed by atoms with Crippen molar-refractivity contribution in [2.24, 2.45) is 0 Å². The molecule has 21 heavy (non-hydrogen) atoms. The number of methoxy groups -OCH3 is 1. The summed E-state index contributed by atoms with van der Waals surface area (Å²) in [5.74, 6) is -0.558. The standard InChI is InChI=1S/C12H13F3N2O4/c1-16(6-5-11(18)21-2)10-4-3-8(17(19)20)7-9(10)12(13,14)15/h3-4,7H,5-6H2,1-2H3. The molecule has 0 bridgehead atoms. The van der Waals surface area contributed by atoms with Crippen LogP contribution in [0.4, 0.5) is 24.5 Å². The Morgan fingerprint density at radius 2 is 2.05 bits per heavy atom. The van der Waals surface area contributed by atoms with Crippen molar-refractivity contribution in [1.29, 1.82) is 0 Å². The maximum atomic E-state index is 13.0. The van der Waals surface area contributed by atoms with Gasteiger partial charge in [0.1, 0.15) is 0 Å². The Labute approximate surface area is 118 Å². The van der Waals surface area contributed by atoms with Gasteiger partial charge in [0, 0.05) is 31.4 Å². The van der Waals surface area contributed by atoms with E-state index in [2.05, 4.69) is 4.74 Å². The lowest BCUT2D eigenvalue weighted by Crippen LogP contribution is -2.24. The number of nitro benzene ring substituents is 1. The van der Waals surface area contributed by atoms with Gasteiger partial charge in [-0.3, -0.25) is 14.9 Å². The highest BCUT2D eigenvalue weighted by Gasteiger charge is 2.36. The second-order valence-corrected chi connectivity index (χ2v) is 4.20. The van der Waals surface area contributed by atoms with Gasteiger partial charge in [0.2, 0.25) is 0 Å². The Morgan fingerprint density at radius 1 is 1.43 bits per heavy atom. The highest BCUT2D eigenvalue weighted by molar-refractivity contribution is 5.70. The smallest absolute Gasteiger partial charge is 0.418 e. The highest BCUT2D eigenvalue weighted by Crippen LogP contribution is 2.38. The number of esters is 1. The molecule has 1 aromatic carbocycles. The molecule has 9 heteroatoms. The van der Waals surface area contributed by atoms with Gasteiger partial charge >= 0.3 is 12.1 Å². The van der Waals surface area contributed by atoms with E-state index >= 15 is 0 Å². The molecule has 0 spiro atoms. The predicted octanol–water partition coefficient (Wildman–Crippen LogP) is 2.61. The van der Waals surface area contributed by atoms with E-state index in [1.807, 2.05) is 0 Å². The maximum absolute atomic E-state index is 13.0. The number of ether oxygens (including phenoxy) is 1. The first kappa shape index (κ1) is 16.7. The van der Waals surface area contributed by atoms with Crippen molar-refractivity contribution < 1.29 is 27.6 Å². The van der Waals surface area contributed by atoms with Crippen LogP contribution in [-0.2, 0) is 15.7 Å². The minimum atomic E-state index is -4.74. The zero-order valence-electron chi connectivity index (χ0n) is 11.3. The summed E-state index contributed by atoms with van der Waals surface area (Å²) in [6.07, 6.45) is -4.83. The predicted molar refractivity (Wildman–Crippen MR) is 68.0 cm³/mol. The normalized spacial score (nSPS) is 11.1. The molecule has 0 fully saturated rings. The molecule has 0 aliphatic heterocycles.